The van der Waals surface area contributed by atoms with Crippen LogP contribution in [-0.2, 0) is 14.9 Å². The summed E-state index contributed by atoms with van der Waals surface area (Å²) in [5.74, 6) is -0.154. The lowest BCUT2D eigenvalue weighted by Crippen LogP contribution is -2.71. The van der Waals surface area contributed by atoms with Gasteiger partial charge in [0.25, 0.3) is 0 Å². The number of benzene rings is 1. The molecule has 8 atom stereocenters. The average molecular weight is 352 g/mol. The standard InChI is InChI=1S/C21H24N2O3/c1-3-11-10-23-15-8-13(11)21(19(25)26-2)16(23)9-20(18(21)24)12-6-4-5-7-14(12)22-17(15)20/h3-7,13,15-18,22,24H,8-10H2,1-2H3/b11-3-/t13-,15+,16-,17+,18-,20+,21-/m0/s1. The number of aliphatic hydroxyl groups is 1. The van der Waals surface area contributed by atoms with Gasteiger partial charge in [0.15, 0.2) is 0 Å². The highest BCUT2D eigenvalue weighted by atomic mass is 16.5. The van der Waals surface area contributed by atoms with E-state index >= 15 is 0 Å². The van der Waals surface area contributed by atoms with Crippen molar-refractivity contribution in [3.8, 4) is 0 Å². The van der Waals surface area contributed by atoms with Crippen LogP contribution in [0, 0.1) is 11.3 Å². The molecule has 0 radical (unpaired) electrons. The molecule has 7 rings (SSSR count). The molecule has 5 heterocycles. The monoisotopic (exact) mass is 352 g/mol. The second kappa shape index (κ2) is 4.52. The summed E-state index contributed by atoms with van der Waals surface area (Å²) in [6.45, 7) is 2.96. The van der Waals surface area contributed by atoms with Crippen LogP contribution >= 0.6 is 0 Å². The number of fused-ring (bicyclic) bond motifs is 2. The molecule has 5 heteroatoms. The maximum absolute atomic E-state index is 13.2. The summed E-state index contributed by atoms with van der Waals surface area (Å²) in [6, 6.07) is 8.89. The zero-order valence-corrected chi connectivity index (χ0v) is 15.1. The number of piperidine rings is 4. The number of carbonyl (C=O) groups is 1. The van der Waals surface area contributed by atoms with E-state index in [2.05, 4.69) is 35.3 Å². The normalized spacial score (nSPS) is 50.5. The largest absolute Gasteiger partial charge is 0.468 e. The third-order valence-electron chi connectivity index (χ3n) is 8.30. The fourth-order valence-corrected chi connectivity index (χ4v) is 7.49. The minimum absolute atomic E-state index is 0.0570. The van der Waals surface area contributed by atoms with E-state index in [-0.39, 0.29) is 24.0 Å². The molecule has 5 aliphatic heterocycles. The van der Waals surface area contributed by atoms with Gasteiger partial charge in [0.1, 0.15) is 5.41 Å². The summed E-state index contributed by atoms with van der Waals surface area (Å²) in [7, 11) is 1.46. The topological polar surface area (TPSA) is 61.8 Å². The summed E-state index contributed by atoms with van der Waals surface area (Å²) in [4.78, 5) is 15.7. The molecule has 5 nitrogen and oxygen atoms in total. The molecular formula is C21H24N2O3. The number of ether oxygens (including phenoxy) is 1. The maximum Gasteiger partial charge on any atom is 0.316 e. The van der Waals surface area contributed by atoms with E-state index in [1.807, 2.05) is 12.1 Å². The summed E-state index contributed by atoms with van der Waals surface area (Å²) in [5.41, 5.74) is 2.34. The SMILES string of the molecule is C/C=C1/CN2[C@@H]3C[C@@H]1[C@]1(C(=O)OC)[C@@H]2C[C@]2(c4ccccc4N[C@H]32)[C@@H]1O. The van der Waals surface area contributed by atoms with Crippen molar-refractivity contribution in [3.05, 3.63) is 41.5 Å². The third kappa shape index (κ3) is 1.28. The van der Waals surface area contributed by atoms with E-state index in [0.29, 0.717) is 6.04 Å². The molecule has 1 aromatic rings. The Morgan fingerprint density at radius 3 is 3.00 bits per heavy atom. The van der Waals surface area contributed by atoms with Crippen LogP contribution in [0.2, 0.25) is 0 Å². The lowest BCUT2D eigenvalue weighted by atomic mass is 9.58. The fraction of sp³-hybridized carbons (Fsp3) is 0.571. The van der Waals surface area contributed by atoms with Crippen molar-refractivity contribution in [3.63, 3.8) is 0 Å². The first kappa shape index (κ1) is 15.2. The molecule has 1 aliphatic carbocycles. The first-order chi connectivity index (χ1) is 12.6. The molecule has 5 bridgehead atoms. The number of rotatable bonds is 1. The van der Waals surface area contributed by atoms with Crippen LogP contribution in [0.25, 0.3) is 0 Å². The minimum Gasteiger partial charge on any atom is -0.468 e. The number of carbonyl (C=O) groups excluding carboxylic acids is 1. The Labute approximate surface area is 153 Å². The molecule has 6 aliphatic rings. The Morgan fingerprint density at radius 1 is 1.42 bits per heavy atom. The van der Waals surface area contributed by atoms with Crippen LogP contribution in [0.1, 0.15) is 25.3 Å². The molecule has 136 valence electrons. The van der Waals surface area contributed by atoms with Crippen molar-refractivity contribution < 1.29 is 14.6 Å². The van der Waals surface area contributed by atoms with Gasteiger partial charge in [-0.25, -0.2) is 0 Å². The van der Waals surface area contributed by atoms with Gasteiger partial charge in [0, 0.05) is 35.6 Å². The number of aliphatic hydroxyl groups excluding tert-OH is 1. The molecule has 1 saturated carbocycles. The Bertz CT molecular complexity index is 867. The minimum atomic E-state index is -0.848. The van der Waals surface area contributed by atoms with Crippen LogP contribution in [0.4, 0.5) is 5.69 Å². The number of para-hydroxylation sites is 1. The average Bonchev–Trinajstić information content (AvgIpc) is 3.13. The number of nitrogens with one attached hydrogen (secondary N) is 1. The third-order valence-corrected chi connectivity index (χ3v) is 8.30. The quantitative estimate of drug-likeness (QED) is 0.595. The van der Waals surface area contributed by atoms with Gasteiger partial charge >= 0.3 is 5.97 Å². The van der Waals surface area contributed by atoms with E-state index in [0.717, 1.165) is 25.1 Å². The van der Waals surface area contributed by atoms with Gasteiger partial charge in [-0.1, -0.05) is 29.8 Å². The Kier molecular flexibility index (Phi) is 2.65. The molecule has 2 N–H and O–H groups in total. The first-order valence-corrected chi connectivity index (χ1v) is 9.64. The van der Waals surface area contributed by atoms with Gasteiger partial charge in [-0.3, -0.25) is 9.69 Å². The van der Waals surface area contributed by atoms with Crippen molar-refractivity contribution in [2.75, 3.05) is 19.0 Å². The summed E-state index contributed by atoms with van der Waals surface area (Å²) >= 11 is 0. The smallest absolute Gasteiger partial charge is 0.316 e. The highest BCUT2D eigenvalue weighted by Gasteiger charge is 2.82. The molecule has 5 fully saturated rings. The van der Waals surface area contributed by atoms with Gasteiger partial charge in [-0.05, 0) is 31.4 Å². The van der Waals surface area contributed by atoms with E-state index in [1.54, 1.807) is 0 Å². The predicted molar refractivity (Wildman–Crippen MR) is 96.7 cm³/mol. The van der Waals surface area contributed by atoms with Gasteiger partial charge in [0.2, 0.25) is 0 Å². The van der Waals surface area contributed by atoms with E-state index in [1.165, 1.54) is 18.2 Å². The second-order valence-electron chi connectivity index (χ2n) is 8.65. The van der Waals surface area contributed by atoms with Crippen molar-refractivity contribution in [1.29, 1.82) is 0 Å². The number of hydrogen-bond donors (Lipinski definition) is 2. The molecule has 1 aromatic carbocycles. The highest BCUT2D eigenvalue weighted by Crippen LogP contribution is 2.71. The van der Waals surface area contributed by atoms with Crippen molar-refractivity contribution >= 4 is 11.7 Å². The fourth-order valence-electron chi connectivity index (χ4n) is 7.49. The van der Waals surface area contributed by atoms with Gasteiger partial charge in [0.05, 0.1) is 19.3 Å². The number of esters is 1. The van der Waals surface area contributed by atoms with Crippen LogP contribution in [-0.4, -0.2) is 53.9 Å². The summed E-state index contributed by atoms with van der Waals surface area (Å²) < 4.78 is 5.34. The van der Waals surface area contributed by atoms with Crippen molar-refractivity contribution in [2.45, 2.75) is 49.4 Å². The zero-order valence-electron chi connectivity index (χ0n) is 15.1. The summed E-state index contributed by atoms with van der Waals surface area (Å²) in [5, 5.41) is 15.6. The number of methoxy groups -OCH3 is 1. The molecule has 26 heavy (non-hydrogen) atoms. The molecule has 0 aromatic heterocycles. The Morgan fingerprint density at radius 2 is 2.23 bits per heavy atom. The zero-order chi connectivity index (χ0) is 17.8. The van der Waals surface area contributed by atoms with E-state index in [9.17, 15) is 9.90 Å². The summed E-state index contributed by atoms with van der Waals surface area (Å²) in [6.07, 6.45) is 3.15. The number of anilines is 1. The molecule has 1 unspecified atom stereocenters. The lowest BCUT2D eigenvalue weighted by Gasteiger charge is -2.60. The Hall–Kier alpha value is -1.85. The Balaban J connectivity index is 1.65. The second-order valence-corrected chi connectivity index (χ2v) is 8.65. The van der Waals surface area contributed by atoms with Crippen LogP contribution in [0.5, 0.6) is 0 Å². The lowest BCUT2D eigenvalue weighted by molar-refractivity contribution is -0.179. The molecular weight excluding hydrogens is 328 g/mol. The molecule has 4 saturated heterocycles. The first-order valence-electron chi connectivity index (χ1n) is 9.64. The highest BCUT2D eigenvalue weighted by molar-refractivity contribution is 5.84. The van der Waals surface area contributed by atoms with Crippen molar-refractivity contribution in [1.82, 2.24) is 4.90 Å². The van der Waals surface area contributed by atoms with Crippen LogP contribution in [0.3, 0.4) is 0 Å². The molecule has 0 amide bonds. The van der Waals surface area contributed by atoms with Crippen LogP contribution < -0.4 is 5.32 Å². The van der Waals surface area contributed by atoms with E-state index < -0.39 is 16.9 Å². The van der Waals surface area contributed by atoms with Crippen LogP contribution in [0.15, 0.2) is 35.9 Å². The van der Waals surface area contributed by atoms with Crippen molar-refractivity contribution in [2.24, 2.45) is 11.3 Å². The van der Waals surface area contributed by atoms with Gasteiger partial charge in [-0.15, -0.1) is 0 Å². The predicted octanol–water partition coefficient (Wildman–Crippen LogP) is 1.68. The number of allylic oxidation sites excluding steroid dienone is 1. The molecule has 1 spiro atoms. The van der Waals surface area contributed by atoms with Gasteiger partial charge in [-0.2, -0.15) is 0 Å². The maximum atomic E-state index is 13.2. The van der Waals surface area contributed by atoms with E-state index in [4.69, 9.17) is 4.74 Å². The number of hydrogen-bond acceptors (Lipinski definition) is 5. The number of nitrogens with zero attached hydrogens (tertiary/aromatic N) is 1. The van der Waals surface area contributed by atoms with Gasteiger partial charge < -0.3 is 15.2 Å².